The highest BCUT2D eigenvalue weighted by atomic mass is 16.6. The summed E-state index contributed by atoms with van der Waals surface area (Å²) in [5.74, 6) is 1.75. The molecule has 228 valence electrons. The highest BCUT2D eigenvalue weighted by molar-refractivity contribution is 5.79. The van der Waals surface area contributed by atoms with Crippen LogP contribution in [-0.2, 0) is 11.3 Å². The smallest absolute Gasteiger partial charge is 0.409 e. The summed E-state index contributed by atoms with van der Waals surface area (Å²) < 4.78 is 13.8. The summed E-state index contributed by atoms with van der Waals surface area (Å²) in [4.78, 5) is 33.7. The molecule has 1 fully saturated rings. The molecule has 2 aliphatic heterocycles. The largest absolute Gasteiger partial charge is 0.492 e. The number of carbonyl (C=O) groups excluding carboxylic acids is 1. The molecule has 0 unspecified atom stereocenters. The van der Waals surface area contributed by atoms with Crippen molar-refractivity contribution in [3.8, 4) is 16.9 Å². The topological polar surface area (TPSA) is 88.3 Å². The van der Waals surface area contributed by atoms with Crippen molar-refractivity contribution in [1.82, 2.24) is 29.2 Å². The second kappa shape index (κ2) is 11.5. The second-order valence-electron chi connectivity index (χ2n) is 11.9. The van der Waals surface area contributed by atoms with Gasteiger partial charge in [0.05, 0.1) is 24.0 Å². The molecule has 1 saturated heterocycles. The first-order chi connectivity index (χ1) is 22.1. The van der Waals surface area contributed by atoms with Gasteiger partial charge in [0.1, 0.15) is 18.0 Å². The van der Waals surface area contributed by atoms with Crippen LogP contribution in [0.25, 0.3) is 16.8 Å². The number of pyridine rings is 1. The number of carbonyl (C=O) groups is 1. The summed E-state index contributed by atoms with van der Waals surface area (Å²) in [6.07, 6.45) is 6.32. The minimum Gasteiger partial charge on any atom is -0.492 e. The lowest BCUT2D eigenvalue weighted by Gasteiger charge is -2.35. The third kappa shape index (κ3) is 5.04. The SMILES string of the molecule is CN(Cc1cn2c(N3CCN(C(=O)OCC4c5ccccc5-c5ccccc54)CC3)nccc2n1)[C@H]1CCOc2cccnc21. The van der Waals surface area contributed by atoms with E-state index >= 15 is 0 Å². The monoisotopic (exact) mass is 601 g/mol. The van der Waals surface area contributed by atoms with Crippen LogP contribution >= 0.6 is 0 Å². The van der Waals surface area contributed by atoms with E-state index in [0.717, 1.165) is 35.2 Å². The molecule has 45 heavy (non-hydrogen) atoms. The average Bonchev–Trinajstić information content (AvgIpc) is 3.65. The highest BCUT2D eigenvalue weighted by Crippen LogP contribution is 2.44. The summed E-state index contributed by atoms with van der Waals surface area (Å²) in [6.45, 7) is 4.13. The number of amides is 1. The van der Waals surface area contributed by atoms with Crippen LogP contribution in [0.1, 0.15) is 40.9 Å². The fourth-order valence-corrected chi connectivity index (χ4v) is 7.03. The van der Waals surface area contributed by atoms with Crippen molar-refractivity contribution >= 4 is 17.7 Å². The highest BCUT2D eigenvalue weighted by Gasteiger charge is 2.31. The van der Waals surface area contributed by atoms with Crippen LogP contribution in [0, 0.1) is 0 Å². The van der Waals surface area contributed by atoms with E-state index in [-0.39, 0.29) is 18.1 Å². The van der Waals surface area contributed by atoms with Crippen molar-refractivity contribution in [3.63, 3.8) is 0 Å². The molecule has 1 aliphatic carbocycles. The Bertz CT molecular complexity index is 1820. The number of benzene rings is 2. The van der Waals surface area contributed by atoms with Crippen LogP contribution in [0.4, 0.5) is 10.7 Å². The van der Waals surface area contributed by atoms with Gasteiger partial charge in [-0.15, -0.1) is 0 Å². The number of aromatic nitrogens is 4. The minimum atomic E-state index is -0.264. The number of imidazole rings is 1. The molecule has 1 amide bonds. The number of hydrogen-bond acceptors (Lipinski definition) is 8. The molecule has 1 atom stereocenters. The zero-order valence-electron chi connectivity index (χ0n) is 25.2. The Morgan fingerprint density at radius 1 is 0.933 bits per heavy atom. The fraction of sp³-hybridized carbons (Fsp3) is 0.314. The zero-order valence-corrected chi connectivity index (χ0v) is 25.2. The van der Waals surface area contributed by atoms with Crippen LogP contribution in [0.2, 0.25) is 0 Å². The van der Waals surface area contributed by atoms with Gasteiger partial charge in [0.15, 0.2) is 0 Å². The Balaban J connectivity index is 0.912. The van der Waals surface area contributed by atoms with Crippen molar-refractivity contribution in [2.75, 3.05) is 51.3 Å². The normalized spacial score (nSPS) is 17.6. The molecule has 8 rings (SSSR count). The van der Waals surface area contributed by atoms with Gasteiger partial charge in [0.25, 0.3) is 0 Å². The van der Waals surface area contributed by atoms with Crippen molar-refractivity contribution in [1.29, 1.82) is 0 Å². The predicted octanol–water partition coefficient (Wildman–Crippen LogP) is 5.15. The Hall–Kier alpha value is -4.96. The molecule has 5 heterocycles. The Labute approximate surface area is 261 Å². The first-order valence-electron chi connectivity index (χ1n) is 15.6. The quantitative estimate of drug-likeness (QED) is 0.264. The van der Waals surface area contributed by atoms with Crippen LogP contribution in [-0.4, -0.2) is 81.7 Å². The summed E-state index contributed by atoms with van der Waals surface area (Å²) >= 11 is 0. The van der Waals surface area contributed by atoms with Gasteiger partial charge >= 0.3 is 6.09 Å². The van der Waals surface area contributed by atoms with Crippen molar-refractivity contribution in [2.45, 2.75) is 24.9 Å². The van der Waals surface area contributed by atoms with Crippen molar-refractivity contribution in [3.05, 3.63) is 108 Å². The van der Waals surface area contributed by atoms with Gasteiger partial charge in [0, 0.05) is 63.7 Å². The minimum absolute atomic E-state index is 0.0522. The molecule has 10 heteroatoms. The van der Waals surface area contributed by atoms with Crippen LogP contribution in [0.3, 0.4) is 0 Å². The number of piperazine rings is 1. The van der Waals surface area contributed by atoms with Crippen LogP contribution < -0.4 is 9.64 Å². The average molecular weight is 602 g/mol. The maximum Gasteiger partial charge on any atom is 0.409 e. The van der Waals surface area contributed by atoms with Crippen molar-refractivity contribution in [2.24, 2.45) is 0 Å². The van der Waals surface area contributed by atoms with E-state index in [1.807, 2.05) is 30.6 Å². The Kier molecular flexibility index (Phi) is 7.06. The van der Waals surface area contributed by atoms with E-state index in [1.165, 1.54) is 22.3 Å². The van der Waals surface area contributed by atoms with E-state index in [2.05, 4.69) is 81.0 Å². The summed E-state index contributed by atoms with van der Waals surface area (Å²) in [5.41, 5.74) is 7.69. The molecule has 10 nitrogen and oxygen atoms in total. The van der Waals surface area contributed by atoms with Gasteiger partial charge in [-0.25, -0.2) is 14.8 Å². The van der Waals surface area contributed by atoms with E-state index in [4.69, 9.17) is 19.4 Å². The van der Waals surface area contributed by atoms with Gasteiger partial charge < -0.3 is 19.3 Å². The number of fused-ring (bicyclic) bond motifs is 5. The predicted molar refractivity (Wildman–Crippen MR) is 170 cm³/mol. The molecule has 3 aromatic heterocycles. The maximum atomic E-state index is 13.2. The van der Waals surface area contributed by atoms with Gasteiger partial charge in [-0.1, -0.05) is 48.5 Å². The molecular formula is C35H35N7O3. The molecule has 0 spiro atoms. The molecular weight excluding hydrogens is 566 g/mol. The van der Waals surface area contributed by atoms with Crippen molar-refractivity contribution < 1.29 is 14.3 Å². The summed E-state index contributed by atoms with van der Waals surface area (Å²) in [5, 5.41) is 0. The second-order valence-corrected chi connectivity index (χ2v) is 11.9. The van der Waals surface area contributed by atoms with E-state index in [9.17, 15) is 4.79 Å². The zero-order chi connectivity index (χ0) is 30.3. The van der Waals surface area contributed by atoms with E-state index in [1.54, 1.807) is 4.90 Å². The molecule has 0 bridgehead atoms. The molecule has 0 radical (unpaired) electrons. The number of ether oxygens (including phenoxy) is 2. The van der Waals surface area contributed by atoms with Gasteiger partial charge in [-0.3, -0.25) is 14.3 Å². The Morgan fingerprint density at radius 2 is 1.69 bits per heavy atom. The van der Waals surface area contributed by atoms with Gasteiger partial charge in [-0.05, 0) is 47.5 Å². The fourth-order valence-electron chi connectivity index (χ4n) is 7.03. The molecule has 3 aliphatic rings. The lowest BCUT2D eigenvalue weighted by atomic mass is 9.98. The van der Waals surface area contributed by atoms with Crippen LogP contribution in [0.15, 0.2) is 85.3 Å². The van der Waals surface area contributed by atoms with Crippen LogP contribution in [0.5, 0.6) is 5.75 Å². The standard InChI is InChI=1S/C35H35N7O3/c1-39(30-13-20-44-31-11-6-14-36-33(30)31)21-24-22-42-32(38-24)12-15-37-34(42)40-16-18-41(19-17-40)35(43)45-23-29-27-9-4-2-7-25(27)26-8-3-5-10-28(26)29/h2-12,14-15,22,29-30H,13,16-21,23H2,1H3/t30-/m0/s1. The number of anilines is 1. The molecule has 0 saturated carbocycles. The summed E-state index contributed by atoms with van der Waals surface area (Å²) in [6, 6.07) is 22.8. The van der Waals surface area contributed by atoms with E-state index < -0.39 is 0 Å². The maximum absolute atomic E-state index is 13.2. The third-order valence-corrected chi connectivity index (χ3v) is 9.28. The Morgan fingerprint density at radius 3 is 2.47 bits per heavy atom. The number of rotatable bonds is 6. The first kappa shape index (κ1) is 27.6. The lowest BCUT2D eigenvalue weighted by molar-refractivity contribution is 0.0975. The summed E-state index contributed by atoms with van der Waals surface area (Å²) in [7, 11) is 2.11. The molecule has 0 N–H and O–H groups in total. The van der Waals surface area contributed by atoms with Gasteiger partial charge in [0.2, 0.25) is 5.95 Å². The number of hydrogen-bond donors (Lipinski definition) is 0. The molecule has 2 aromatic carbocycles. The molecule has 5 aromatic rings. The first-order valence-corrected chi connectivity index (χ1v) is 15.6. The number of nitrogens with zero attached hydrogens (tertiary/aromatic N) is 7. The van der Waals surface area contributed by atoms with Gasteiger partial charge in [-0.2, -0.15) is 0 Å². The lowest BCUT2D eigenvalue weighted by Crippen LogP contribution is -2.49. The van der Waals surface area contributed by atoms with E-state index in [0.29, 0.717) is 45.9 Å². The third-order valence-electron chi connectivity index (χ3n) is 9.28.